The molecule has 0 aromatic carbocycles. The molecule has 4 aliphatic heterocycles. The van der Waals surface area contributed by atoms with Crippen LogP contribution in [-0.4, -0.2) is 58.6 Å². The summed E-state index contributed by atoms with van der Waals surface area (Å²) in [6.07, 6.45) is 4.19. The highest BCUT2D eigenvalue weighted by Gasteiger charge is 2.52. The fourth-order valence-electron chi connectivity index (χ4n) is 4.15. The normalized spacial score (nSPS) is 32.8. The minimum atomic E-state index is -0.0594. The van der Waals surface area contributed by atoms with Gasteiger partial charge in [-0.05, 0) is 44.0 Å². The quantitative estimate of drug-likeness (QED) is 0.830. The van der Waals surface area contributed by atoms with Crippen molar-refractivity contribution in [3.63, 3.8) is 0 Å². The number of anilines is 1. The van der Waals surface area contributed by atoms with Gasteiger partial charge < -0.3 is 14.1 Å². The standard InChI is InChI=1S/C16H19N5O2/c1-2-6-17-13(3-1)14-18-19-15(23-14)21-10-16(22-11-21)9-20-7-4-12(16)5-8-20/h1-3,6,12H,4-5,7-11H2/t16-/m1/s1. The first-order valence-electron chi connectivity index (χ1n) is 8.19. The molecule has 0 saturated carbocycles. The molecule has 0 amide bonds. The van der Waals surface area contributed by atoms with Crippen molar-refractivity contribution in [2.45, 2.75) is 18.4 Å². The lowest BCUT2D eigenvalue weighted by molar-refractivity contribution is -0.116. The highest BCUT2D eigenvalue weighted by Crippen LogP contribution is 2.42. The third kappa shape index (κ3) is 2.14. The van der Waals surface area contributed by atoms with E-state index in [1.165, 1.54) is 25.9 Å². The van der Waals surface area contributed by atoms with E-state index in [-0.39, 0.29) is 5.60 Å². The van der Waals surface area contributed by atoms with Crippen molar-refractivity contribution in [1.29, 1.82) is 0 Å². The van der Waals surface area contributed by atoms with Gasteiger partial charge in [0, 0.05) is 12.7 Å². The minimum Gasteiger partial charge on any atom is -0.401 e. The van der Waals surface area contributed by atoms with Crippen LogP contribution in [0.1, 0.15) is 12.8 Å². The molecule has 2 bridgehead atoms. The highest BCUT2D eigenvalue weighted by molar-refractivity contribution is 5.47. The van der Waals surface area contributed by atoms with Gasteiger partial charge in [0.05, 0.1) is 6.54 Å². The van der Waals surface area contributed by atoms with Gasteiger partial charge in [-0.1, -0.05) is 11.2 Å². The third-order valence-electron chi connectivity index (χ3n) is 5.36. The summed E-state index contributed by atoms with van der Waals surface area (Å²) in [4.78, 5) is 8.82. The summed E-state index contributed by atoms with van der Waals surface area (Å²) in [6, 6.07) is 6.17. The molecule has 2 aromatic heterocycles. The second kappa shape index (κ2) is 5.01. The molecule has 4 aliphatic rings. The number of fused-ring (bicyclic) bond motifs is 2. The van der Waals surface area contributed by atoms with Gasteiger partial charge in [-0.2, -0.15) is 0 Å². The summed E-state index contributed by atoms with van der Waals surface area (Å²) in [5, 5.41) is 8.32. The van der Waals surface area contributed by atoms with Crippen LogP contribution in [0.4, 0.5) is 6.01 Å². The lowest BCUT2D eigenvalue weighted by atomic mass is 9.75. The van der Waals surface area contributed by atoms with E-state index < -0.39 is 0 Å². The summed E-state index contributed by atoms with van der Waals surface area (Å²) >= 11 is 0. The zero-order valence-corrected chi connectivity index (χ0v) is 12.9. The molecule has 7 nitrogen and oxygen atoms in total. The lowest BCUT2D eigenvalue weighted by Crippen LogP contribution is -2.61. The number of rotatable bonds is 2. The van der Waals surface area contributed by atoms with E-state index in [2.05, 4.69) is 25.0 Å². The van der Waals surface area contributed by atoms with Gasteiger partial charge in [0.1, 0.15) is 18.0 Å². The molecule has 120 valence electrons. The Kier molecular flexibility index (Phi) is 2.93. The zero-order chi connectivity index (χ0) is 15.3. The van der Waals surface area contributed by atoms with Crippen molar-refractivity contribution >= 4 is 6.01 Å². The van der Waals surface area contributed by atoms with Crippen LogP contribution in [0, 0.1) is 5.92 Å². The number of nitrogens with zero attached hydrogens (tertiary/aromatic N) is 5. The van der Waals surface area contributed by atoms with E-state index in [0.717, 1.165) is 13.1 Å². The van der Waals surface area contributed by atoms with E-state index in [4.69, 9.17) is 9.15 Å². The van der Waals surface area contributed by atoms with E-state index in [1.54, 1.807) is 6.20 Å². The molecule has 23 heavy (non-hydrogen) atoms. The molecular formula is C16H19N5O2. The molecule has 7 heteroatoms. The first-order valence-corrected chi connectivity index (χ1v) is 8.19. The molecule has 2 aromatic rings. The van der Waals surface area contributed by atoms with Crippen molar-refractivity contribution < 1.29 is 9.15 Å². The van der Waals surface area contributed by atoms with Gasteiger partial charge in [0.25, 0.3) is 5.89 Å². The maximum absolute atomic E-state index is 6.24. The van der Waals surface area contributed by atoms with Crippen molar-refractivity contribution in [2.24, 2.45) is 5.92 Å². The van der Waals surface area contributed by atoms with Crippen LogP contribution in [-0.2, 0) is 4.74 Å². The molecule has 0 N–H and O–H groups in total. The third-order valence-corrected chi connectivity index (χ3v) is 5.36. The molecule has 0 aliphatic carbocycles. The van der Waals surface area contributed by atoms with Crippen LogP contribution in [0.25, 0.3) is 11.6 Å². The summed E-state index contributed by atoms with van der Waals surface area (Å²) in [5.74, 6) is 1.10. The Morgan fingerprint density at radius 3 is 2.78 bits per heavy atom. The Morgan fingerprint density at radius 1 is 1.13 bits per heavy atom. The van der Waals surface area contributed by atoms with Gasteiger partial charge in [-0.3, -0.25) is 9.88 Å². The Labute approximate surface area is 134 Å². The van der Waals surface area contributed by atoms with Crippen LogP contribution in [0.15, 0.2) is 28.8 Å². The van der Waals surface area contributed by atoms with Crippen LogP contribution >= 0.6 is 0 Å². The number of hydrogen-bond acceptors (Lipinski definition) is 7. The average molecular weight is 313 g/mol. The van der Waals surface area contributed by atoms with Crippen LogP contribution in [0.5, 0.6) is 0 Å². The molecule has 6 rings (SSSR count). The second-order valence-corrected chi connectivity index (χ2v) is 6.69. The maximum Gasteiger partial charge on any atom is 0.320 e. The average Bonchev–Trinajstić information content (AvgIpc) is 3.25. The molecule has 0 radical (unpaired) electrons. The number of piperidine rings is 3. The van der Waals surface area contributed by atoms with Gasteiger partial charge in [-0.25, -0.2) is 0 Å². The maximum atomic E-state index is 6.24. The van der Waals surface area contributed by atoms with Gasteiger partial charge in [0.15, 0.2) is 0 Å². The van der Waals surface area contributed by atoms with Crippen molar-refractivity contribution in [2.75, 3.05) is 37.8 Å². The smallest absolute Gasteiger partial charge is 0.320 e. The zero-order valence-electron chi connectivity index (χ0n) is 12.9. The van der Waals surface area contributed by atoms with E-state index >= 15 is 0 Å². The minimum absolute atomic E-state index is 0.0594. The monoisotopic (exact) mass is 313 g/mol. The molecule has 1 atom stereocenters. The molecule has 0 unspecified atom stereocenters. The SMILES string of the molecule is c1ccc(-c2nnc(N3CO[C@]4(CN5CCC4CC5)C3)o2)nc1. The van der Waals surface area contributed by atoms with Crippen molar-refractivity contribution in [3.05, 3.63) is 24.4 Å². The summed E-state index contributed by atoms with van der Waals surface area (Å²) in [6.45, 7) is 4.79. The van der Waals surface area contributed by atoms with Gasteiger partial charge in [-0.15, -0.1) is 5.10 Å². The highest BCUT2D eigenvalue weighted by atomic mass is 16.5. The predicted octanol–water partition coefficient (Wildman–Crippen LogP) is 1.39. The van der Waals surface area contributed by atoms with Crippen molar-refractivity contribution in [3.8, 4) is 11.6 Å². The number of ether oxygens (including phenoxy) is 1. The largest absolute Gasteiger partial charge is 0.401 e. The molecule has 1 spiro atoms. The van der Waals surface area contributed by atoms with Gasteiger partial charge >= 0.3 is 6.01 Å². The fraction of sp³-hybridized carbons (Fsp3) is 0.562. The number of pyridine rings is 1. The summed E-state index contributed by atoms with van der Waals surface area (Å²) in [7, 11) is 0. The molecule has 4 saturated heterocycles. The molecule has 4 fully saturated rings. The fourth-order valence-corrected chi connectivity index (χ4v) is 4.15. The van der Waals surface area contributed by atoms with Crippen LogP contribution in [0.3, 0.4) is 0 Å². The van der Waals surface area contributed by atoms with E-state index in [1.807, 2.05) is 18.2 Å². The topological polar surface area (TPSA) is 67.5 Å². The predicted molar refractivity (Wildman–Crippen MR) is 82.7 cm³/mol. The first kappa shape index (κ1) is 13.4. The van der Waals surface area contributed by atoms with E-state index in [0.29, 0.717) is 30.2 Å². The summed E-state index contributed by atoms with van der Waals surface area (Å²) in [5.41, 5.74) is 0.639. The second-order valence-electron chi connectivity index (χ2n) is 6.69. The van der Waals surface area contributed by atoms with Crippen molar-refractivity contribution in [1.82, 2.24) is 20.1 Å². The molecular weight excluding hydrogens is 294 g/mol. The van der Waals surface area contributed by atoms with Gasteiger partial charge in [0.2, 0.25) is 0 Å². The lowest BCUT2D eigenvalue weighted by Gasteiger charge is -2.50. The van der Waals surface area contributed by atoms with Crippen LogP contribution < -0.4 is 4.90 Å². The molecule has 6 heterocycles. The Morgan fingerprint density at radius 2 is 2.04 bits per heavy atom. The van der Waals surface area contributed by atoms with E-state index in [9.17, 15) is 0 Å². The Hall–Kier alpha value is -1.99. The number of aromatic nitrogens is 3. The Bertz CT molecular complexity index is 698. The van der Waals surface area contributed by atoms with Crippen LogP contribution in [0.2, 0.25) is 0 Å². The first-order chi connectivity index (χ1) is 11.3. The Balaban J connectivity index is 1.37. The number of hydrogen-bond donors (Lipinski definition) is 0. The summed E-state index contributed by atoms with van der Waals surface area (Å²) < 4.78 is 12.1.